The molecule has 1 aromatic rings. The number of aldehydes is 1. The third-order valence-corrected chi connectivity index (χ3v) is 3.06. The molecule has 1 unspecified atom stereocenters. The van der Waals surface area contributed by atoms with Crippen LogP contribution < -0.4 is 0 Å². The molecule has 0 saturated heterocycles. The molecule has 0 aliphatic rings. The molecule has 92 valence electrons. The number of carbonyl (C=O) groups is 1. The Hall–Kier alpha value is -1.37. The molecule has 0 aliphatic carbocycles. The van der Waals surface area contributed by atoms with E-state index < -0.39 is 0 Å². The molecule has 17 heavy (non-hydrogen) atoms. The predicted octanol–water partition coefficient (Wildman–Crippen LogP) is 4.50. The summed E-state index contributed by atoms with van der Waals surface area (Å²) in [5.74, 6) is 0.555. The zero-order valence-electron chi connectivity index (χ0n) is 10.6. The Labute approximate surface area is 105 Å². The van der Waals surface area contributed by atoms with E-state index in [0.717, 1.165) is 12.7 Å². The van der Waals surface area contributed by atoms with E-state index in [4.69, 9.17) is 0 Å². The standard InChI is InChI=1S/C16H22O/c1-2-3-5-10-15(13-8-9-14-17)16-11-6-4-7-12-16/h4,6-9,11-12,14-15H,2-3,5,10,13H2,1H3/b9-8+. The first-order valence-electron chi connectivity index (χ1n) is 6.53. The average molecular weight is 230 g/mol. The van der Waals surface area contributed by atoms with Crippen molar-refractivity contribution < 1.29 is 4.79 Å². The second kappa shape index (κ2) is 8.74. The van der Waals surface area contributed by atoms with Gasteiger partial charge >= 0.3 is 0 Å². The van der Waals surface area contributed by atoms with E-state index in [1.165, 1.54) is 31.2 Å². The van der Waals surface area contributed by atoms with Gasteiger partial charge in [0.05, 0.1) is 0 Å². The molecule has 0 radical (unpaired) electrons. The van der Waals surface area contributed by atoms with Crippen molar-refractivity contribution >= 4 is 6.29 Å². The van der Waals surface area contributed by atoms with Crippen LogP contribution in [0.3, 0.4) is 0 Å². The molecule has 0 amide bonds. The van der Waals surface area contributed by atoms with Crippen molar-refractivity contribution in [3.63, 3.8) is 0 Å². The van der Waals surface area contributed by atoms with Gasteiger partial charge in [0.2, 0.25) is 0 Å². The molecule has 0 spiro atoms. The van der Waals surface area contributed by atoms with Crippen molar-refractivity contribution in [2.75, 3.05) is 0 Å². The topological polar surface area (TPSA) is 17.1 Å². The van der Waals surface area contributed by atoms with Crippen LogP contribution in [0.2, 0.25) is 0 Å². The fraction of sp³-hybridized carbons (Fsp3) is 0.438. The summed E-state index contributed by atoms with van der Waals surface area (Å²) in [6.45, 7) is 2.23. The number of allylic oxidation sites excluding steroid dienone is 2. The molecule has 0 heterocycles. The van der Waals surface area contributed by atoms with Crippen molar-refractivity contribution in [2.24, 2.45) is 0 Å². The fourth-order valence-electron chi connectivity index (χ4n) is 2.08. The normalized spacial score (nSPS) is 12.8. The van der Waals surface area contributed by atoms with Gasteiger partial charge in [-0.25, -0.2) is 0 Å². The minimum absolute atomic E-state index is 0.555. The molecule has 0 aromatic heterocycles. The third kappa shape index (κ3) is 5.48. The van der Waals surface area contributed by atoms with Crippen molar-refractivity contribution in [2.45, 2.75) is 44.9 Å². The molecule has 0 saturated carbocycles. The summed E-state index contributed by atoms with van der Waals surface area (Å²) in [7, 11) is 0. The van der Waals surface area contributed by atoms with Crippen molar-refractivity contribution in [3.8, 4) is 0 Å². The SMILES string of the molecule is CCCCCC(C/C=C/C=O)c1ccccc1. The zero-order chi connectivity index (χ0) is 12.3. The van der Waals surface area contributed by atoms with E-state index >= 15 is 0 Å². The summed E-state index contributed by atoms with van der Waals surface area (Å²) in [5.41, 5.74) is 1.39. The molecule has 0 fully saturated rings. The van der Waals surface area contributed by atoms with E-state index in [1.807, 2.05) is 12.1 Å². The first-order valence-corrected chi connectivity index (χ1v) is 6.53. The van der Waals surface area contributed by atoms with Crippen LogP contribution >= 0.6 is 0 Å². The smallest absolute Gasteiger partial charge is 0.142 e. The summed E-state index contributed by atoms with van der Waals surface area (Å²) in [6, 6.07) is 10.6. The van der Waals surface area contributed by atoms with Gasteiger partial charge in [0.1, 0.15) is 6.29 Å². The average Bonchev–Trinajstić information content (AvgIpc) is 2.38. The van der Waals surface area contributed by atoms with E-state index in [2.05, 4.69) is 31.2 Å². The van der Waals surface area contributed by atoms with Gasteiger partial charge in [-0.05, 0) is 30.4 Å². The van der Waals surface area contributed by atoms with E-state index in [0.29, 0.717) is 5.92 Å². The van der Waals surface area contributed by atoms with Gasteiger partial charge in [-0.15, -0.1) is 0 Å². The maximum Gasteiger partial charge on any atom is 0.142 e. The van der Waals surface area contributed by atoms with Gasteiger partial charge in [0.15, 0.2) is 0 Å². The Morgan fingerprint density at radius 2 is 1.94 bits per heavy atom. The van der Waals surface area contributed by atoms with Crippen LogP contribution in [0.15, 0.2) is 42.5 Å². The lowest BCUT2D eigenvalue weighted by molar-refractivity contribution is -0.104. The number of benzene rings is 1. The Morgan fingerprint density at radius 3 is 2.59 bits per heavy atom. The molecule has 0 N–H and O–H groups in total. The van der Waals surface area contributed by atoms with Crippen LogP contribution in [0.5, 0.6) is 0 Å². The summed E-state index contributed by atoms with van der Waals surface area (Å²) < 4.78 is 0. The van der Waals surface area contributed by atoms with Crippen LogP contribution in [0.1, 0.15) is 50.5 Å². The Kier molecular flexibility index (Phi) is 7.04. The van der Waals surface area contributed by atoms with Crippen LogP contribution in [0.25, 0.3) is 0 Å². The summed E-state index contributed by atoms with van der Waals surface area (Å²) in [5, 5.41) is 0. The van der Waals surface area contributed by atoms with Crippen LogP contribution in [0.4, 0.5) is 0 Å². The van der Waals surface area contributed by atoms with Gasteiger partial charge in [0.25, 0.3) is 0 Å². The highest BCUT2D eigenvalue weighted by Crippen LogP contribution is 2.26. The second-order valence-electron chi connectivity index (χ2n) is 4.40. The third-order valence-electron chi connectivity index (χ3n) is 3.06. The highest BCUT2D eigenvalue weighted by molar-refractivity contribution is 5.64. The van der Waals surface area contributed by atoms with E-state index in [-0.39, 0.29) is 0 Å². The van der Waals surface area contributed by atoms with Gasteiger partial charge in [-0.2, -0.15) is 0 Å². The second-order valence-corrected chi connectivity index (χ2v) is 4.40. The van der Waals surface area contributed by atoms with E-state index in [9.17, 15) is 4.79 Å². The number of rotatable bonds is 8. The molecule has 1 nitrogen and oxygen atoms in total. The first-order chi connectivity index (χ1) is 8.38. The van der Waals surface area contributed by atoms with Crippen LogP contribution in [-0.2, 0) is 4.79 Å². The van der Waals surface area contributed by atoms with Crippen molar-refractivity contribution in [1.82, 2.24) is 0 Å². The monoisotopic (exact) mass is 230 g/mol. The zero-order valence-corrected chi connectivity index (χ0v) is 10.6. The molecule has 0 bridgehead atoms. The molecule has 1 rings (SSSR count). The highest BCUT2D eigenvalue weighted by atomic mass is 16.1. The number of carbonyl (C=O) groups excluding carboxylic acids is 1. The minimum Gasteiger partial charge on any atom is -0.299 e. The summed E-state index contributed by atoms with van der Waals surface area (Å²) in [6.07, 6.45) is 10.4. The summed E-state index contributed by atoms with van der Waals surface area (Å²) >= 11 is 0. The lowest BCUT2D eigenvalue weighted by atomic mass is 9.90. The largest absolute Gasteiger partial charge is 0.299 e. The Balaban J connectivity index is 2.58. The van der Waals surface area contributed by atoms with Gasteiger partial charge in [-0.1, -0.05) is 62.6 Å². The molecule has 1 heteroatoms. The predicted molar refractivity (Wildman–Crippen MR) is 73.1 cm³/mol. The number of unbranched alkanes of at least 4 members (excludes halogenated alkanes) is 2. The molecular formula is C16H22O. The maximum absolute atomic E-state index is 10.3. The van der Waals surface area contributed by atoms with Crippen molar-refractivity contribution in [1.29, 1.82) is 0 Å². The fourth-order valence-corrected chi connectivity index (χ4v) is 2.08. The maximum atomic E-state index is 10.3. The lowest BCUT2D eigenvalue weighted by Crippen LogP contribution is -1.97. The lowest BCUT2D eigenvalue weighted by Gasteiger charge is -2.15. The Bertz CT molecular complexity index is 327. The highest BCUT2D eigenvalue weighted by Gasteiger charge is 2.08. The quantitative estimate of drug-likeness (QED) is 0.365. The molecule has 0 aliphatic heterocycles. The van der Waals surface area contributed by atoms with Crippen LogP contribution in [-0.4, -0.2) is 6.29 Å². The molecule has 1 aromatic carbocycles. The van der Waals surface area contributed by atoms with Gasteiger partial charge in [-0.3, -0.25) is 4.79 Å². The number of hydrogen-bond acceptors (Lipinski definition) is 1. The van der Waals surface area contributed by atoms with Gasteiger partial charge < -0.3 is 0 Å². The number of hydrogen-bond donors (Lipinski definition) is 0. The molecular weight excluding hydrogens is 208 g/mol. The first kappa shape index (κ1) is 13.7. The summed E-state index contributed by atoms with van der Waals surface area (Å²) in [4.78, 5) is 10.3. The minimum atomic E-state index is 0.555. The van der Waals surface area contributed by atoms with E-state index in [1.54, 1.807) is 6.08 Å². The van der Waals surface area contributed by atoms with Crippen LogP contribution in [0, 0.1) is 0 Å². The Morgan fingerprint density at radius 1 is 1.18 bits per heavy atom. The van der Waals surface area contributed by atoms with Gasteiger partial charge in [0, 0.05) is 0 Å². The molecule has 1 atom stereocenters. The van der Waals surface area contributed by atoms with Crippen molar-refractivity contribution in [3.05, 3.63) is 48.0 Å².